The van der Waals surface area contributed by atoms with Crippen molar-refractivity contribution in [3.05, 3.63) is 98.5 Å². The van der Waals surface area contributed by atoms with Crippen LogP contribution < -0.4 is 15.6 Å². The number of fused-ring (bicyclic) bond motifs is 1. The first kappa shape index (κ1) is 23.4. The summed E-state index contributed by atoms with van der Waals surface area (Å²) in [6.07, 6.45) is 2.13. The number of halogens is 1. The molecule has 8 heteroatoms. The summed E-state index contributed by atoms with van der Waals surface area (Å²) in [5.41, 5.74) is 2.85. The standard InChI is InChI=1S/C26H23BrN4O3/c1-3-24-29-23-12-11-19(27)14-21(23)26(33)31(24)28-15-18-8-6-9-20(13-18)34-16-25(32)30-22-10-5-4-7-17(22)2/h4-15H,3,16H2,1-2H3,(H,30,32). The van der Waals surface area contributed by atoms with E-state index in [-0.39, 0.29) is 18.1 Å². The van der Waals surface area contributed by atoms with Gasteiger partial charge in [0, 0.05) is 16.6 Å². The molecule has 0 bridgehead atoms. The number of aromatic nitrogens is 2. The minimum atomic E-state index is -0.249. The van der Waals surface area contributed by atoms with Gasteiger partial charge in [0.15, 0.2) is 6.61 Å². The van der Waals surface area contributed by atoms with Crippen molar-refractivity contribution < 1.29 is 9.53 Å². The largest absolute Gasteiger partial charge is 0.484 e. The average molecular weight is 519 g/mol. The Morgan fingerprint density at radius 2 is 1.97 bits per heavy atom. The molecule has 0 unspecified atom stereocenters. The number of hydrogen-bond acceptors (Lipinski definition) is 5. The number of amides is 1. The molecule has 34 heavy (non-hydrogen) atoms. The Hall–Kier alpha value is -3.78. The molecule has 1 aromatic heterocycles. The second-order valence-electron chi connectivity index (χ2n) is 7.63. The van der Waals surface area contributed by atoms with Crippen LogP contribution in [0.3, 0.4) is 0 Å². The molecule has 0 radical (unpaired) electrons. The number of ether oxygens (including phenoxy) is 1. The quantitative estimate of drug-likeness (QED) is 0.351. The molecule has 0 atom stereocenters. The maximum absolute atomic E-state index is 13.0. The molecule has 0 saturated heterocycles. The normalized spacial score (nSPS) is 11.1. The number of para-hydroxylation sites is 1. The van der Waals surface area contributed by atoms with E-state index in [9.17, 15) is 9.59 Å². The Labute approximate surface area is 205 Å². The first-order chi connectivity index (χ1) is 16.4. The average Bonchev–Trinajstić information content (AvgIpc) is 2.84. The molecular weight excluding hydrogens is 496 g/mol. The number of aryl methyl sites for hydroxylation is 2. The molecule has 0 aliphatic rings. The Morgan fingerprint density at radius 1 is 1.15 bits per heavy atom. The van der Waals surface area contributed by atoms with Crippen molar-refractivity contribution in [3.63, 3.8) is 0 Å². The molecule has 1 amide bonds. The van der Waals surface area contributed by atoms with E-state index in [4.69, 9.17) is 4.74 Å². The molecule has 7 nitrogen and oxygen atoms in total. The fourth-order valence-corrected chi connectivity index (χ4v) is 3.76. The summed E-state index contributed by atoms with van der Waals surface area (Å²) >= 11 is 3.40. The summed E-state index contributed by atoms with van der Waals surface area (Å²) in [6, 6.07) is 20.1. The lowest BCUT2D eigenvalue weighted by Gasteiger charge is -2.10. The number of hydrogen-bond donors (Lipinski definition) is 1. The molecule has 0 aliphatic carbocycles. The van der Waals surface area contributed by atoms with E-state index in [0.717, 1.165) is 21.3 Å². The number of carbonyl (C=O) groups excluding carboxylic acids is 1. The molecule has 0 aliphatic heterocycles. The second-order valence-corrected chi connectivity index (χ2v) is 8.54. The van der Waals surface area contributed by atoms with E-state index >= 15 is 0 Å². The van der Waals surface area contributed by atoms with Crippen molar-refractivity contribution in [2.75, 3.05) is 11.9 Å². The molecule has 172 valence electrons. The molecular formula is C26H23BrN4O3. The highest BCUT2D eigenvalue weighted by molar-refractivity contribution is 9.10. The third-order valence-corrected chi connectivity index (χ3v) is 5.65. The summed E-state index contributed by atoms with van der Waals surface area (Å²) in [7, 11) is 0. The van der Waals surface area contributed by atoms with E-state index in [0.29, 0.717) is 28.9 Å². The smallest absolute Gasteiger partial charge is 0.282 e. The van der Waals surface area contributed by atoms with Gasteiger partial charge >= 0.3 is 0 Å². The van der Waals surface area contributed by atoms with Gasteiger partial charge in [0.05, 0.1) is 17.1 Å². The van der Waals surface area contributed by atoms with Gasteiger partial charge in [-0.05, 0) is 54.4 Å². The summed E-state index contributed by atoms with van der Waals surface area (Å²) in [6.45, 7) is 3.73. The fourth-order valence-electron chi connectivity index (χ4n) is 3.40. The lowest BCUT2D eigenvalue weighted by atomic mass is 10.2. The maximum Gasteiger partial charge on any atom is 0.282 e. The zero-order valence-electron chi connectivity index (χ0n) is 18.8. The zero-order valence-corrected chi connectivity index (χ0v) is 20.4. The van der Waals surface area contributed by atoms with Gasteiger partial charge in [-0.1, -0.05) is 53.2 Å². The zero-order chi connectivity index (χ0) is 24.1. The Balaban J connectivity index is 1.50. The molecule has 1 heterocycles. The number of rotatable bonds is 7. The van der Waals surface area contributed by atoms with Crippen LogP contribution in [0.1, 0.15) is 23.9 Å². The summed E-state index contributed by atoms with van der Waals surface area (Å²) in [4.78, 5) is 29.9. The highest BCUT2D eigenvalue weighted by Crippen LogP contribution is 2.17. The van der Waals surface area contributed by atoms with Crippen molar-refractivity contribution in [1.82, 2.24) is 9.66 Å². The molecule has 0 fully saturated rings. The predicted octanol–water partition coefficient (Wildman–Crippen LogP) is 4.93. The summed E-state index contributed by atoms with van der Waals surface area (Å²) in [5, 5.41) is 7.72. The first-order valence-corrected chi connectivity index (χ1v) is 11.6. The van der Waals surface area contributed by atoms with Gasteiger partial charge in [0.1, 0.15) is 11.6 Å². The van der Waals surface area contributed by atoms with Gasteiger partial charge in [0.2, 0.25) is 0 Å². The van der Waals surface area contributed by atoms with Crippen molar-refractivity contribution in [2.45, 2.75) is 20.3 Å². The van der Waals surface area contributed by atoms with Crippen LogP contribution >= 0.6 is 15.9 Å². The van der Waals surface area contributed by atoms with E-state index in [2.05, 4.69) is 31.3 Å². The maximum atomic E-state index is 13.0. The van der Waals surface area contributed by atoms with Crippen LogP contribution in [0, 0.1) is 6.92 Å². The number of nitrogens with one attached hydrogen (secondary N) is 1. The van der Waals surface area contributed by atoms with Gasteiger partial charge in [-0.15, -0.1) is 0 Å². The number of anilines is 1. The van der Waals surface area contributed by atoms with Crippen molar-refractivity contribution >= 4 is 44.6 Å². The predicted molar refractivity (Wildman–Crippen MR) is 138 cm³/mol. The third kappa shape index (κ3) is 5.40. The van der Waals surface area contributed by atoms with E-state index in [1.807, 2.05) is 56.3 Å². The minimum absolute atomic E-state index is 0.127. The third-order valence-electron chi connectivity index (χ3n) is 5.16. The van der Waals surface area contributed by atoms with Crippen molar-refractivity contribution in [3.8, 4) is 5.75 Å². The second kappa shape index (κ2) is 10.4. The van der Waals surface area contributed by atoms with Crippen LogP contribution in [0.25, 0.3) is 10.9 Å². The number of benzene rings is 3. The van der Waals surface area contributed by atoms with E-state index < -0.39 is 0 Å². The van der Waals surface area contributed by atoms with Crippen LogP contribution in [0.2, 0.25) is 0 Å². The molecule has 4 aromatic rings. The van der Waals surface area contributed by atoms with Crippen LogP contribution in [0.15, 0.2) is 81.1 Å². The van der Waals surface area contributed by atoms with Crippen molar-refractivity contribution in [2.24, 2.45) is 5.10 Å². The van der Waals surface area contributed by atoms with Gasteiger partial charge in [0.25, 0.3) is 11.5 Å². The van der Waals surface area contributed by atoms with E-state index in [1.54, 1.807) is 30.5 Å². The highest BCUT2D eigenvalue weighted by Gasteiger charge is 2.10. The number of carbonyl (C=O) groups is 1. The molecule has 4 rings (SSSR count). The van der Waals surface area contributed by atoms with E-state index in [1.165, 1.54) is 4.68 Å². The Bertz CT molecular complexity index is 1450. The summed E-state index contributed by atoms with van der Waals surface area (Å²) in [5.74, 6) is 0.838. The molecule has 3 aromatic carbocycles. The van der Waals surface area contributed by atoms with Crippen LogP contribution in [-0.4, -0.2) is 28.4 Å². The molecule has 0 saturated carbocycles. The number of nitrogens with zero attached hydrogens (tertiary/aromatic N) is 3. The summed E-state index contributed by atoms with van der Waals surface area (Å²) < 4.78 is 7.77. The highest BCUT2D eigenvalue weighted by atomic mass is 79.9. The van der Waals surface area contributed by atoms with Gasteiger partial charge in [-0.25, -0.2) is 4.98 Å². The van der Waals surface area contributed by atoms with Crippen LogP contribution in [0.4, 0.5) is 5.69 Å². The van der Waals surface area contributed by atoms with Gasteiger partial charge < -0.3 is 10.1 Å². The van der Waals surface area contributed by atoms with Crippen LogP contribution in [0.5, 0.6) is 5.75 Å². The van der Waals surface area contributed by atoms with Crippen LogP contribution in [-0.2, 0) is 11.2 Å². The Morgan fingerprint density at radius 3 is 2.76 bits per heavy atom. The molecule has 1 N–H and O–H groups in total. The fraction of sp³-hybridized carbons (Fsp3) is 0.154. The molecule has 0 spiro atoms. The van der Waals surface area contributed by atoms with Gasteiger partial charge in [-0.3, -0.25) is 9.59 Å². The first-order valence-electron chi connectivity index (χ1n) is 10.8. The minimum Gasteiger partial charge on any atom is -0.484 e. The van der Waals surface area contributed by atoms with Gasteiger partial charge in [-0.2, -0.15) is 9.78 Å². The van der Waals surface area contributed by atoms with Crippen molar-refractivity contribution in [1.29, 1.82) is 0 Å². The lowest BCUT2D eigenvalue weighted by molar-refractivity contribution is -0.118. The monoisotopic (exact) mass is 518 g/mol. The Kier molecular flexibility index (Phi) is 7.18. The topological polar surface area (TPSA) is 85.6 Å². The SMILES string of the molecule is CCc1nc2ccc(Br)cc2c(=O)n1N=Cc1cccc(OCC(=O)Nc2ccccc2C)c1. The lowest BCUT2D eigenvalue weighted by Crippen LogP contribution is -2.22.